The number of aryl methyl sites for hydroxylation is 2. The van der Waals surface area contributed by atoms with E-state index in [4.69, 9.17) is 0 Å². The fraction of sp³-hybridized carbons (Fsp3) is 0.316. The monoisotopic (exact) mass is 313 g/mol. The van der Waals surface area contributed by atoms with Crippen molar-refractivity contribution in [2.75, 3.05) is 5.75 Å². The summed E-state index contributed by atoms with van der Waals surface area (Å²) in [6.07, 6.45) is 0.536. The molecule has 1 N–H and O–H groups in total. The molecule has 0 aliphatic carbocycles. The van der Waals surface area contributed by atoms with Crippen molar-refractivity contribution in [1.29, 1.82) is 0 Å². The summed E-state index contributed by atoms with van der Waals surface area (Å²) in [5.74, 6) is 0.905. The van der Waals surface area contributed by atoms with E-state index in [0.29, 0.717) is 6.42 Å². The van der Waals surface area contributed by atoms with E-state index >= 15 is 0 Å². The second-order valence-electron chi connectivity index (χ2n) is 5.61. The molecular weight excluding hydrogens is 290 g/mol. The van der Waals surface area contributed by atoms with Crippen molar-refractivity contribution in [2.45, 2.75) is 38.1 Å². The van der Waals surface area contributed by atoms with Crippen LogP contribution in [-0.2, 0) is 4.79 Å². The van der Waals surface area contributed by atoms with Crippen LogP contribution in [0.4, 0.5) is 0 Å². The van der Waals surface area contributed by atoms with Crippen molar-refractivity contribution in [3.63, 3.8) is 0 Å². The topological polar surface area (TPSA) is 29.1 Å². The van der Waals surface area contributed by atoms with Crippen molar-refractivity contribution in [3.8, 4) is 0 Å². The van der Waals surface area contributed by atoms with Gasteiger partial charge < -0.3 is 5.32 Å². The largest absolute Gasteiger partial charge is 0.350 e. The first-order valence-corrected chi connectivity index (χ1v) is 8.58. The molecule has 2 aromatic carbocycles. The summed E-state index contributed by atoms with van der Waals surface area (Å²) in [5, 5.41) is 3.06. The molecule has 0 aliphatic rings. The lowest BCUT2D eigenvalue weighted by Crippen LogP contribution is -2.26. The van der Waals surface area contributed by atoms with Gasteiger partial charge in [-0.1, -0.05) is 47.5 Å². The molecule has 0 saturated heterocycles. The van der Waals surface area contributed by atoms with Gasteiger partial charge in [0.1, 0.15) is 0 Å². The van der Waals surface area contributed by atoms with Crippen molar-refractivity contribution in [2.24, 2.45) is 0 Å². The van der Waals surface area contributed by atoms with Gasteiger partial charge in [-0.15, -0.1) is 11.8 Å². The second kappa shape index (κ2) is 8.04. The Labute approximate surface area is 137 Å². The van der Waals surface area contributed by atoms with Gasteiger partial charge in [0.2, 0.25) is 5.91 Å². The summed E-state index contributed by atoms with van der Waals surface area (Å²) in [6, 6.07) is 16.8. The first kappa shape index (κ1) is 16.6. The molecule has 2 aromatic rings. The Morgan fingerprint density at radius 3 is 2.14 bits per heavy atom. The number of carbonyl (C=O) groups is 1. The Morgan fingerprint density at radius 2 is 1.55 bits per heavy atom. The van der Waals surface area contributed by atoms with Crippen molar-refractivity contribution in [3.05, 3.63) is 65.2 Å². The molecule has 0 aromatic heterocycles. The highest BCUT2D eigenvalue weighted by Crippen LogP contribution is 2.19. The van der Waals surface area contributed by atoms with E-state index in [9.17, 15) is 4.79 Å². The van der Waals surface area contributed by atoms with Gasteiger partial charge >= 0.3 is 0 Å². The zero-order valence-corrected chi connectivity index (χ0v) is 14.2. The molecule has 0 heterocycles. The molecule has 1 amide bonds. The molecule has 1 atom stereocenters. The maximum absolute atomic E-state index is 12.0. The maximum atomic E-state index is 12.0. The molecule has 0 unspecified atom stereocenters. The van der Waals surface area contributed by atoms with E-state index in [1.807, 2.05) is 6.92 Å². The van der Waals surface area contributed by atoms with Crippen LogP contribution in [0.25, 0.3) is 0 Å². The quantitative estimate of drug-likeness (QED) is 0.786. The van der Waals surface area contributed by atoms with Gasteiger partial charge in [0, 0.05) is 17.1 Å². The zero-order chi connectivity index (χ0) is 15.9. The molecular formula is C19H23NOS. The molecule has 0 aliphatic heterocycles. The number of carbonyl (C=O) groups excluding carboxylic acids is 1. The van der Waals surface area contributed by atoms with Crippen molar-refractivity contribution < 1.29 is 4.79 Å². The first-order chi connectivity index (χ1) is 10.5. The van der Waals surface area contributed by atoms with Crippen LogP contribution in [0.1, 0.15) is 36.1 Å². The fourth-order valence-electron chi connectivity index (χ4n) is 2.15. The third kappa shape index (κ3) is 5.23. The Hall–Kier alpha value is -1.74. The predicted octanol–water partition coefficient (Wildman–Crippen LogP) is 4.66. The molecule has 116 valence electrons. The summed E-state index contributed by atoms with van der Waals surface area (Å²) in [4.78, 5) is 13.2. The third-order valence-corrected chi connectivity index (χ3v) is 4.59. The number of thioether (sulfide) groups is 1. The van der Waals surface area contributed by atoms with E-state index in [0.717, 1.165) is 11.3 Å². The summed E-state index contributed by atoms with van der Waals surface area (Å²) in [5.41, 5.74) is 3.64. The molecule has 0 spiro atoms. The number of benzene rings is 2. The SMILES string of the molecule is Cc1ccc(SCCC(=O)N[C@@H](C)c2ccc(C)cc2)cc1. The van der Waals surface area contributed by atoms with Crippen LogP contribution in [0.5, 0.6) is 0 Å². The number of rotatable bonds is 6. The lowest BCUT2D eigenvalue weighted by Gasteiger charge is -2.14. The van der Waals surface area contributed by atoms with Gasteiger partial charge in [-0.2, -0.15) is 0 Å². The van der Waals surface area contributed by atoms with Crippen LogP contribution in [0, 0.1) is 13.8 Å². The van der Waals surface area contributed by atoms with Gasteiger partial charge in [-0.05, 0) is 38.5 Å². The van der Waals surface area contributed by atoms with E-state index in [1.54, 1.807) is 11.8 Å². The highest BCUT2D eigenvalue weighted by molar-refractivity contribution is 7.99. The van der Waals surface area contributed by atoms with Crippen LogP contribution in [0.15, 0.2) is 53.4 Å². The van der Waals surface area contributed by atoms with E-state index in [1.165, 1.54) is 16.0 Å². The Morgan fingerprint density at radius 1 is 1.00 bits per heavy atom. The van der Waals surface area contributed by atoms with E-state index in [2.05, 4.69) is 67.7 Å². The molecule has 0 bridgehead atoms. The molecule has 22 heavy (non-hydrogen) atoms. The molecule has 2 nitrogen and oxygen atoms in total. The third-order valence-electron chi connectivity index (χ3n) is 3.57. The smallest absolute Gasteiger partial charge is 0.221 e. The first-order valence-electron chi connectivity index (χ1n) is 7.60. The Kier molecular flexibility index (Phi) is 6.08. The maximum Gasteiger partial charge on any atom is 0.221 e. The van der Waals surface area contributed by atoms with Crippen molar-refractivity contribution >= 4 is 17.7 Å². The summed E-state index contributed by atoms with van der Waals surface area (Å²) in [7, 11) is 0. The van der Waals surface area contributed by atoms with Crippen LogP contribution in [-0.4, -0.2) is 11.7 Å². The average molecular weight is 313 g/mol. The zero-order valence-electron chi connectivity index (χ0n) is 13.4. The minimum absolute atomic E-state index is 0.0532. The van der Waals surface area contributed by atoms with Gasteiger partial charge in [0.15, 0.2) is 0 Å². The summed E-state index contributed by atoms with van der Waals surface area (Å²) < 4.78 is 0. The summed E-state index contributed by atoms with van der Waals surface area (Å²) in [6.45, 7) is 6.17. The normalized spacial score (nSPS) is 12.0. The number of nitrogens with one attached hydrogen (secondary N) is 1. The molecule has 0 fully saturated rings. The second-order valence-corrected chi connectivity index (χ2v) is 6.78. The van der Waals surface area contributed by atoms with Crippen LogP contribution < -0.4 is 5.32 Å². The highest BCUT2D eigenvalue weighted by atomic mass is 32.2. The number of amides is 1. The molecule has 2 rings (SSSR count). The minimum Gasteiger partial charge on any atom is -0.350 e. The summed E-state index contributed by atoms with van der Waals surface area (Å²) >= 11 is 1.72. The Bertz CT molecular complexity index is 604. The standard InChI is InChI=1S/C19H23NOS/c1-14-4-8-17(9-5-14)16(3)20-19(21)12-13-22-18-10-6-15(2)7-11-18/h4-11,16H,12-13H2,1-3H3,(H,20,21)/t16-/m0/s1. The lowest BCUT2D eigenvalue weighted by atomic mass is 10.1. The predicted molar refractivity (Wildman–Crippen MR) is 94.3 cm³/mol. The molecule has 0 saturated carbocycles. The molecule has 3 heteroatoms. The Balaban J connectivity index is 1.75. The minimum atomic E-state index is 0.0532. The highest BCUT2D eigenvalue weighted by Gasteiger charge is 2.09. The number of hydrogen-bond donors (Lipinski definition) is 1. The van der Waals surface area contributed by atoms with Crippen molar-refractivity contribution in [1.82, 2.24) is 5.32 Å². The molecule has 0 radical (unpaired) electrons. The lowest BCUT2D eigenvalue weighted by molar-refractivity contribution is -0.121. The van der Waals surface area contributed by atoms with Crippen LogP contribution >= 0.6 is 11.8 Å². The van der Waals surface area contributed by atoms with Crippen LogP contribution in [0.3, 0.4) is 0 Å². The van der Waals surface area contributed by atoms with Gasteiger partial charge in [0.05, 0.1) is 6.04 Å². The fourth-order valence-corrected chi connectivity index (χ4v) is 3.00. The number of hydrogen-bond acceptors (Lipinski definition) is 2. The average Bonchev–Trinajstić information content (AvgIpc) is 2.50. The van der Waals surface area contributed by atoms with E-state index < -0.39 is 0 Å². The van der Waals surface area contributed by atoms with E-state index in [-0.39, 0.29) is 11.9 Å². The van der Waals surface area contributed by atoms with Gasteiger partial charge in [-0.25, -0.2) is 0 Å². The van der Waals surface area contributed by atoms with Crippen LogP contribution in [0.2, 0.25) is 0 Å². The van der Waals surface area contributed by atoms with Gasteiger partial charge in [0.25, 0.3) is 0 Å². The van der Waals surface area contributed by atoms with Gasteiger partial charge in [-0.3, -0.25) is 4.79 Å².